The third-order valence-corrected chi connectivity index (χ3v) is 7.34. The van der Waals surface area contributed by atoms with E-state index < -0.39 is 0 Å². The van der Waals surface area contributed by atoms with Crippen molar-refractivity contribution in [3.05, 3.63) is 76.9 Å². The predicted octanol–water partition coefficient (Wildman–Crippen LogP) is 6.68. The summed E-state index contributed by atoms with van der Waals surface area (Å²) >= 11 is 0. The van der Waals surface area contributed by atoms with Gasteiger partial charge in [-0.1, -0.05) is 74.0 Å². The summed E-state index contributed by atoms with van der Waals surface area (Å²) in [6.45, 7) is 16.1. The van der Waals surface area contributed by atoms with E-state index in [1.165, 1.54) is 41.5 Å². The molecule has 2 nitrogen and oxygen atoms in total. The molecule has 1 fully saturated rings. The van der Waals surface area contributed by atoms with Gasteiger partial charge in [0, 0.05) is 38.3 Å². The van der Waals surface area contributed by atoms with Crippen LogP contribution in [0.2, 0.25) is 0 Å². The molecule has 0 bridgehead atoms. The van der Waals surface area contributed by atoms with Crippen LogP contribution in [-0.4, -0.2) is 35.0 Å². The molecule has 2 atom stereocenters. The zero-order valence-corrected chi connectivity index (χ0v) is 20.2. The summed E-state index contributed by atoms with van der Waals surface area (Å²) in [7, 11) is 0. The first kappa shape index (κ1) is 22.3. The van der Waals surface area contributed by atoms with Crippen LogP contribution >= 0.6 is 0 Å². The Kier molecular flexibility index (Phi) is 6.69. The van der Waals surface area contributed by atoms with E-state index in [1.807, 2.05) is 0 Å². The number of piperazine rings is 1. The van der Waals surface area contributed by atoms with Gasteiger partial charge >= 0.3 is 0 Å². The zero-order valence-electron chi connectivity index (χ0n) is 20.2. The van der Waals surface area contributed by atoms with E-state index in [0.717, 1.165) is 26.2 Å². The molecule has 0 spiro atoms. The molecular weight excluding hydrogens is 376 g/mol. The summed E-state index contributed by atoms with van der Waals surface area (Å²) in [6.07, 6.45) is 6.18. The molecule has 0 saturated carbocycles. The van der Waals surface area contributed by atoms with E-state index in [2.05, 4.69) is 99.0 Å². The molecule has 31 heavy (non-hydrogen) atoms. The lowest BCUT2D eigenvalue weighted by molar-refractivity contribution is 0.0290. The van der Waals surface area contributed by atoms with Gasteiger partial charge in [0.15, 0.2) is 0 Å². The molecule has 2 aromatic rings. The number of hydrogen-bond acceptors (Lipinski definition) is 2. The highest BCUT2D eigenvalue weighted by Crippen LogP contribution is 2.38. The van der Waals surface area contributed by atoms with Crippen LogP contribution < -0.4 is 0 Å². The summed E-state index contributed by atoms with van der Waals surface area (Å²) < 4.78 is 0. The zero-order chi connectivity index (χ0) is 22.0. The third-order valence-electron chi connectivity index (χ3n) is 7.34. The molecule has 2 aromatic carbocycles. The average Bonchev–Trinajstić information content (AvgIpc) is 2.73. The van der Waals surface area contributed by atoms with Crippen molar-refractivity contribution < 1.29 is 0 Å². The molecule has 166 valence electrons. The molecule has 1 saturated heterocycles. The largest absolute Gasteiger partial charge is 0.296 e. The number of nitrogens with zero attached hydrogens (tertiary/aromatic N) is 2. The van der Waals surface area contributed by atoms with Crippen molar-refractivity contribution in [2.75, 3.05) is 13.1 Å². The minimum atomic E-state index is 0.463. The van der Waals surface area contributed by atoms with Gasteiger partial charge in [-0.15, -0.1) is 0 Å². The van der Waals surface area contributed by atoms with Gasteiger partial charge in [0.1, 0.15) is 0 Å². The van der Waals surface area contributed by atoms with E-state index in [9.17, 15) is 0 Å². The van der Waals surface area contributed by atoms with Crippen LogP contribution in [0, 0.1) is 12.3 Å². The van der Waals surface area contributed by atoms with Gasteiger partial charge in [0.2, 0.25) is 0 Å². The smallest absolute Gasteiger partial charge is 0.0240 e. The molecule has 4 rings (SSSR count). The summed E-state index contributed by atoms with van der Waals surface area (Å²) in [5.41, 5.74) is 7.66. The molecule has 1 heterocycles. The molecule has 0 amide bonds. The number of allylic oxidation sites excluding steroid dienone is 2. The Bertz CT molecular complexity index is 897. The maximum atomic E-state index is 2.70. The Morgan fingerprint density at radius 2 is 1.61 bits per heavy atom. The fourth-order valence-corrected chi connectivity index (χ4v) is 5.28. The van der Waals surface area contributed by atoms with Crippen LogP contribution in [-0.2, 0) is 13.1 Å². The summed E-state index contributed by atoms with van der Waals surface area (Å²) in [4.78, 5) is 5.32. The fourth-order valence-electron chi connectivity index (χ4n) is 5.28. The number of benzene rings is 2. The van der Waals surface area contributed by atoms with Crippen LogP contribution in [0.3, 0.4) is 0 Å². The second-order valence-corrected chi connectivity index (χ2v) is 10.8. The van der Waals surface area contributed by atoms with Gasteiger partial charge in [0.25, 0.3) is 0 Å². The van der Waals surface area contributed by atoms with Crippen molar-refractivity contribution in [3.8, 4) is 0 Å². The summed E-state index contributed by atoms with van der Waals surface area (Å²) in [6, 6.07) is 19.5. The molecule has 2 aliphatic rings. The van der Waals surface area contributed by atoms with Crippen LogP contribution in [0.1, 0.15) is 69.2 Å². The second kappa shape index (κ2) is 9.30. The van der Waals surface area contributed by atoms with E-state index in [0.29, 0.717) is 17.5 Å². The van der Waals surface area contributed by atoms with Crippen molar-refractivity contribution in [1.29, 1.82) is 0 Å². The highest BCUT2D eigenvalue weighted by Gasteiger charge is 2.29. The minimum Gasteiger partial charge on any atom is -0.296 e. The van der Waals surface area contributed by atoms with Crippen molar-refractivity contribution in [2.24, 2.45) is 5.41 Å². The number of hydrogen-bond donors (Lipinski definition) is 0. The molecule has 2 heteroatoms. The molecule has 1 aliphatic carbocycles. The van der Waals surface area contributed by atoms with Crippen molar-refractivity contribution in [2.45, 2.75) is 79.1 Å². The Hall–Kier alpha value is -1.90. The molecular formula is C29H40N2. The van der Waals surface area contributed by atoms with Crippen LogP contribution in [0.5, 0.6) is 0 Å². The van der Waals surface area contributed by atoms with Crippen molar-refractivity contribution in [1.82, 2.24) is 9.80 Å². The Balaban J connectivity index is 1.39. The van der Waals surface area contributed by atoms with E-state index in [1.54, 1.807) is 5.57 Å². The van der Waals surface area contributed by atoms with Crippen LogP contribution in [0.4, 0.5) is 0 Å². The Labute approximate surface area is 190 Å². The summed E-state index contributed by atoms with van der Waals surface area (Å²) in [5.74, 6) is 0. The standard InChI is InChI=1S/C29H40N2/c1-22-9-11-25(12-10-22)20-30-18-23(2)31(24(3)19-30)21-26-7-6-8-28(17-26)27-13-15-29(4,5)16-14-27/h6-13,17,23-24H,14-16,18-21H2,1-5H3. The van der Waals surface area contributed by atoms with Gasteiger partial charge in [-0.25, -0.2) is 0 Å². The van der Waals surface area contributed by atoms with Crippen molar-refractivity contribution >= 4 is 5.57 Å². The lowest BCUT2D eigenvalue weighted by Crippen LogP contribution is -2.55. The van der Waals surface area contributed by atoms with Crippen LogP contribution in [0.15, 0.2) is 54.6 Å². The van der Waals surface area contributed by atoms with Gasteiger partial charge in [-0.2, -0.15) is 0 Å². The normalized spacial score (nSPS) is 24.7. The molecule has 0 radical (unpaired) electrons. The highest BCUT2D eigenvalue weighted by molar-refractivity contribution is 5.67. The SMILES string of the molecule is Cc1ccc(CN2CC(C)N(Cc3cccc(C4=CCC(C)(C)CC4)c3)C(C)C2)cc1. The van der Waals surface area contributed by atoms with E-state index in [4.69, 9.17) is 0 Å². The first-order chi connectivity index (χ1) is 14.8. The number of aryl methyl sites for hydroxylation is 1. The maximum absolute atomic E-state index is 2.70. The lowest BCUT2D eigenvalue weighted by atomic mass is 9.77. The first-order valence-electron chi connectivity index (χ1n) is 12.1. The topological polar surface area (TPSA) is 6.48 Å². The quantitative estimate of drug-likeness (QED) is 0.536. The fraction of sp³-hybridized carbons (Fsp3) is 0.517. The van der Waals surface area contributed by atoms with E-state index >= 15 is 0 Å². The lowest BCUT2D eigenvalue weighted by Gasteiger charge is -2.44. The summed E-state index contributed by atoms with van der Waals surface area (Å²) in [5, 5.41) is 0. The highest BCUT2D eigenvalue weighted by atomic mass is 15.3. The molecule has 1 aliphatic heterocycles. The minimum absolute atomic E-state index is 0.463. The van der Waals surface area contributed by atoms with Crippen LogP contribution in [0.25, 0.3) is 5.57 Å². The van der Waals surface area contributed by atoms with Gasteiger partial charge in [-0.3, -0.25) is 9.80 Å². The van der Waals surface area contributed by atoms with E-state index in [-0.39, 0.29) is 0 Å². The monoisotopic (exact) mass is 416 g/mol. The number of rotatable bonds is 5. The Morgan fingerprint density at radius 1 is 0.903 bits per heavy atom. The van der Waals surface area contributed by atoms with Gasteiger partial charge in [-0.05, 0) is 67.7 Å². The third kappa shape index (κ3) is 5.67. The average molecular weight is 417 g/mol. The van der Waals surface area contributed by atoms with Gasteiger partial charge < -0.3 is 0 Å². The molecule has 0 N–H and O–H groups in total. The van der Waals surface area contributed by atoms with Crippen molar-refractivity contribution in [3.63, 3.8) is 0 Å². The maximum Gasteiger partial charge on any atom is 0.0240 e. The molecule has 0 aromatic heterocycles. The van der Waals surface area contributed by atoms with Gasteiger partial charge in [0.05, 0.1) is 0 Å². The predicted molar refractivity (Wildman–Crippen MR) is 133 cm³/mol. The molecule has 2 unspecified atom stereocenters. The second-order valence-electron chi connectivity index (χ2n) is 10.8. The Morgan fingerprint density at radius 3 is 2.26 bits per heavy atom. The first-order valence-corrected chi connectivity index (χ1v) is 12.1.